The van der Waals surface area contributed by atoms with Gasteiger partial charge in [0.2, 0.25) is 5.91 Å². The van der Waals surface area contributed by atoms with Gasteiger partial charge in [0.05, 0.1) is 5.92 Å². The Bertz CT molecular complexity index is 1070. The lowest BCUT2D eigenvalue weighted by Gasteiger charge is -2.27. The summed E-state index contributed by atoms with van der Waals surface area (Å²) in [5.74, 6) is -1.75. The predicted molar refractivity (Wildman–Crippen MR) is 131 cm³/mol. The molecule has 3 aliphatic rings. The number of aliphatic carboxylic acids is 1. The highest BCUT2D eigenvalue weighted by molar-refractivity contribution is 5.86. The normalized spacial score (nSPS) is 22.3. The molecule has 184 valence electrons. The molecule has 0 spiro atoms. The standard InChI is InChI=1S/C28H32N2O5/c31-26(30-25(27(32)33)17-14-15-17)22-12-2-1-3-13-24(22)29-28(34)35-16-23-20-10-6-4-8-18(20)19-9-5-7-11-21(19)23/h4-11,17,22-25H,1-3,12-16H2,(H,29,34)(H,30,31)(H,32,33). The van der Waals surface area contributed by atoms with E-state index in [1.54, 1.807) is 0 Å². The van der Waals surface area contributed by atoms with E-state index in [1.807, 2.05) is 24.3 Å². The van der Waals surface area contributed by atoms with E-state index in [2.05, 4.69) is 34.9 Å². The Morgan fingerprint density at radius 2 is 1.51 bits per heavy atom. The monoisotopic (exact) mass is 476 g/mol. The number of fused-ring (bicyclic) bond motifs is 3. The molecule has 5 rings (SSSR count). The van der Waals surface area contributed by atoms with Crippen LogP contribution in [0.15, 0.2) is 48.5 Å². The second-order valence-electron chi connectivity index (χ2n) is 9.98. The lowest BCUT2D eigenvalue weighted by molar-refractivity contribution is -0.143. The van der Waals surface area contributed by atoms with Crippen molar-refractivity contribution in [3.63, 3.8) is 0 Å². The van der Waals surface area contributed by atoms with Crippen LogP contribution < -0.4 is 10.6 Å². The average Bonchev–Trinajstić information content (AvgIpc) is 3.67. The Labute approximate surface area is 205 Å². The minimum Gasteiger partial charge on any atom is -0.480 e. The number of amides is 2. The second kappa shape index (κ2) is 10.1. The third-order valence-corrected chi connectivity index (χ3v) is 7.66. The molecule has 2 amide bonds. The molecule has 0 radical (unpaired) electrons. The quantitative estimate of drug-likeness (QED) is 0.512. The molecule has 0 saturated heterocycles. The van der Waals surface area contributed by atoms with Gasteiger partial charge in [-0.25, -0.2) is 9.59 Å². The number of carbonyl (C=O) groups is 3. The molecule has 0 heterocycles. The Kier molecular flexibility index (Phi) is 6.75. The summed E-state index contributed by atoms with van der Waals surface area (Å²) in [5.41, 5.74) is 4.63. The molecule has 3 atom stereocenters. The van der Waals surface area contributed by atoms with E-state index in [4.69, 9.17) is 4.74 Å². The van der Waals surface area contributed by atoms with Gasteiger partial charge in [0.15, 0.2) is 0 Å². The summed E-state index contributed by atoms with van der Waals surface area (Å²) in [6.45, 7) is 0.214. The third kappa shape index (κ3) is 5.04. The molecule has 3 N–H and O–H groups in total. The smallest absolute Gasteiger partial charge is 0.407 e. The summed E-state index contributed by atoms with van der Waals surface area (Å²) in [7, 11) is 0. The summed E-state index contributed by atoms with van der Waals surface area (Å²) >= 11 is 0. The number of carboxylic acid groups (broad SMARTS) is 1. The molecule has 3 aliphatic carbocycles. The summed E-state index contributed by atoms with van der Waals surface area (Å²) in [6, 6.07) is 15.1. The van der Waals surface area contributed by atoms with Gasteiger partial charge in [-0.1, -0.05) is 67.8 Å². The number of rotatable bonds is 7. The largest absolute Gasteiger partial charge is 0.480 e. The lowest BCUT2D eigenvalue weighted by atomic mass is 9.93. The van der Waals surface area contributed by atoms with Gasteiger partial charge < -0.3 is 20.5 Å². The number of hydrogen-bond donors (Lipinski definition) is 3. The predicted octanol–water partition coefficient (Wildman–Crippen LogP) is 4.45. The summed E-state index contributed by atoms with van der Waals surface area (Å²) < 4.78 is 5.70. The topological polar surface area (TPSA) is 105 Å². The summed E-state index contributed by atoms with van der Waals surface area (Å²) in [6.07, 6.45) is 5.17. The average molecular weight is 477 g/mol. The van der Waals surface area contributed by atoms with Crippen LogP contribution in [-0.2, 0) is 14.3 Å². The van der Waals surface area contributed by atoms with E-state index in [1.165, 1.54) is 11.1 Å². The molecule has 0 aliphatic heterocycles. The fourth-order valence-electron chi connectivity index (χ4n) is 5.66. The Morgan fingerprint density at radius 3 is 2.14 bits per heavy atom. The van der Waals surface area contributed by atoms with Gasteiger partial charge in [-0.2, -0.15) is 0 Å². The highest BCUT2D eigenvalue weighted by Crippen LogP contribution is 2.44. The Hall–Kier alpha value is -3.35. The zero-order valence-electron chi connectivity index (χ0n) is 19.7. The van der Waals surface area contributed by atoms with Gasteiger partial charge in [0.1, 0.15) is 12.6 Å². The van der Waals surface area contributed by atoms with Crippen molar-refractivity contribution in [2.75, 3.05) is 6.61 Å². The van der Waals surface area contributed by atoms with Crippen molar-refractivity contribution < 1.29 is 24.2 Å². The number of hydrogen-bond acceptors (Lipinski definition) is 4. The first-order chi connectivity index (χ1) is 17.0. The molecular weight excluding hydrogens is 444 g/mol. The second-order valence-corrected chi connectivity index (χ2v) is 9.98. The molecule has 2 aromatic rings. The minimum absolute atomic E-state index is 0.00997. The molecule has 2 aromatic carbocycles. The first kappa shape index (κ1) is 23.4. The maximum absolute atomic E-state index is 13.1. The molecule has 2 saturated carbocycles. The molecule has 3 unspecified atom stereocenters. The fourth-order valence-corrected chi connectivity index (χ4v) is 5.66. The molecule has 0 aromatic heterocycles. The van der Waals surface area contributed by atoms with Gasteiger partial charge in [0.25, 0.3) is 0 Å². The SMILES string of the molecule is O=C(NC1CCCCCC1C(=O)NC(C(=O)O)C1CC1)OCC1c2ccccc2-c2ccccc21. The van der Waals surface area contributed by atoms with Crippen LogP contribution in [0.1, 0.15) is 62.0 Å². The maximum atomic E-state index is 13.1. The van der Waals surface area contributed by atoms with E-state index in [9.17, 15) is 19.5 Å². The van der Waals surface area contributed by atoms with Gasteiger partial charge >= 0.3 is 12.1 Å². The van der Waals surface area contributed by atoms with Crippen LogP contribution >= 0.6 is 0 Å². The van der Waals surface area contributed by atoms with Crippen molar-refractivity contribution in [3.05, 3.63) is 59.7 Å². The number of carboxylic acids is 1. The maximum Gasteiger partial charge on any atom is 0.407 e. The lowest BCUT2D eigenvalue weighted by Crippen LogP contribution is -2.51. The zero-order chi connectivity index (χ0) is 24.4. The van der Waals surface area contributed by atoms with Gasteiger partial charge in [-0.15, -0.1) is 0 Å². The molecule has 0 bridgehead atoms. The molecular formula is C28H32N2O5. The zero-order valence-corrected chi connectivity index (χ0v) is 19.7. The van der Waals surface area contributed by atoms with Crippen molar-refractivity contribution in [2.24, 2.45) is 11.8 Å². The van der Waals surface area contributed by atoms with Crippen molar-refractivity contribution >= 4 is 18.0 Å². The summed E-state index contributed by atoms with van der Waals surface area (Å²) in [4.78, 5) is 37.5. The fraction of sp³-hybridized carbons (Fsp3) is 0.464. The van der Waals surface area contributed by atoms with Crippen LogP contribution in [-0.4, -0.2) is 41.8 Å². The molecule has 35 heavy (non-hydrogen) atoms. The number of nitrogens with one attached hydrogen (secondary N) is 2. The highest BCUT2D eigenvalue weighted by Gasteiger charge is 2.40. The Balaban J connectivity index is 1.23. The molecule has 7 nitrogen and oxygen atoms in total. The molecule has 7 heteroatoms. The van der Waals surface area contributed by atoms with E-state index in [-0.39, 0.29) is 30.4 Å². The van der Waals surface area contributed by atoms with Crippen LogP contribution in [0.2, 0.25) is 0 Å². The first-order valence-electron chi connectivity index (χ1n) is 12.7. The van der Waals surface area contributed by atoms with Gasteiger partial charge in [0, 0.05) is 12.0 Å². The van der Waals surface area contributed by atoms with Crippen molar-refractivity contribution in [1.82, 2.24) is 10.6 Å². The van der Waals surface area contributed by atoms with Crippen molar-refractivity contribution in [3.8, 4) is 11.1 Å². The first-order valence-corrected chi connectivity index (χ1v) is 12.7. The number of alkyl carbamates (subject to hydrolysis) is 1. The van der Waals surface area contributed by atoms with Crippen LogP contribution in [0.3, 0.4) is 0 Å². The van der Waals surface area contributed by atoms with Crippen molar-refractivity contribution in [2.45, 2.75) is 62.9 Å². The molecule has 2 fully saturated rings. The Morgan fingerprint density at radius 1 is 0.886 bits per heavy atom. The highest BCUT2D eigenvalue weighted by atomic mass is 16.5. The summed E-state index contributed by atoms with van der Waals surface area (Å²) in [5, 5.41) is 15.2. The number of carbonyl (C=O) groups excluding carboxylic acids is 2. The van der Waals surface area contributed by atoms with Crippen LogP contribution in [0.25, 0.3) is 11.1 Å². The van der Waals surface area contributed by atoms with Crippen LogP contribution in [0, 0.1) is 11.8 Å². The number of ether oxygens (including phenoxy) is 1. The minimum atomic E-state index is -0.990. The number of benzene rings is 2. The van der Waals surface area contributed by atoms with E-state index < -0.39 is 24.0 Å². The van der Waals surface area contributed by atoms with Crippen LogP contribution in [0.5, 0.6) is 0 Å². The van der Waals surface area contributed by atoms with E-state index in [0.717, 1.165) is 43.2 Å². The van der Waals surface area contributed by atoms with E-state index >= 15 is 0 Å². The van der Waals surface area contributed by atoms with Gasteiger partial charge in [-0.3, -0.25) is 4.79 Å². The van der Waals surface area contributed by atoms with Crippen molar-refractivity contribution in [1.29, 1.82) is 0 Å². The van der Waals surface area contributed by atoms with Gasteiger partial charge in [-0.05, 0) is 53.9 Å². The van der Waals surface area contributed by atoms with E-state index in [0.29, 0.717) is 12.8 Å². The third-order valence-electron chi connectivity index (χ3n) is 7.66. The van der Waals surface area contributed by atoms with Crippen LogP contribution in [0.4, 0.5) is 4.79 Å².